The van der Waals surface area contributed by atoms with Crippen LogP contribution in [-0.2, 0) is 4.79 Å². The van der Waals surface area contributed by atoms with Crippen LogP contribution in [0, 0.1) is 0 Å². The van der Waals surface area contributed by atoms with E-state index in [9.17, 15) is 9.59 Å². The lowest BCUT2D eigenvalue weighted by Crippen LogP contribution is -2.52. The summed E-state index contributed by atoms with van der Waals surface area (Å²) in [7, 11) is 0. The maximum atomic E-state index is 13.1. The number of nitrogens with zero attached hydrogens (tertiary/aromatic N) is 6. The second-order valence-electron chi connectivity index (χ2n) is 7.36. The zero-order valence-corrected chi connectivity index (χ0v) is 18.4. The molecule has 166 valence electrons. The number of halogens is 1. The Morgan fingerprint density at radius 1 is 1.00 bits per heavy atom. The molecule has 0 aliphatic carbocycles. The standard InChI is InChI=1S/C22H23ClN6O3/c1-2-19(29-25-20(24-26-29)16-8-10-17(23)11-9-16)21(30)27-12-14-28(15-13-27)22(31)32-18-6-4-3-5-7-18/h3-11,19H,2,12-15H2,1H3. The van der Waals surface area contributed by atoms with Crippen molar-refractivity contribution < 1.29 is 14.3 Å². The van der Waals surface area contributed by atoms with Crippen LogP contribution in [0.5, 0.6) is 5.75 Å². The molecule has 0 bridgehead atoms. The zero-order chi connectivity index (χ0) is 22.5. The summed E-state index contributed by atoms with van der Waals surface area (Å²) in [4.78, 5) is 30.2. The first-order valence-corrected chi connectivity index (χ1v) is 10.8. The van der Waals surface area contributed by atoms with Gasteiger partial charge in [-0.2, -0.15) is 4.80 Å². The summed E-state index contributed by atoms with van der Waals surface area (Å²) in [5, 5.41) is 13.2. The van der Waals surface area contributed by atoms with Crippen molar-refractivity contribution in [2.75, 3.05) is 26.2 Å². The molecule has 0 spiro atoms. The van der Waals surface area contributed by atoms with Crippen LogP contribution in [0.15, 0.2) is 54.6 Å². The van der Waals surface area contributed by atoms with E-state index in [0.29, 0.717) is 49.2 Å². The smallest absolute Gasteiger partial charge is 0.410 e. The highest BCUT2D eigenvalue weighted by Crippen LogP contribution is 2.20. The third-order valence-electron chi connectivity index (χ3n) is 5.28. The molecule has 1 saturated heterocycles. The second kappa shape index (κ2) is 9.78. The van der Waals surface area contributed by atoms with Gasteiger partial charge < -0.3 is 14.5 Å². The predicted molar refractivity (Wildman–Crippen MR) is 118 cm³/mol. The fourth-order valence-corrected chi connectivity index (χ4v) is 3.61. The molecule has 0 saturated carbocycles. The molecule has 2 aromatic carbocycles. The first-order valence-electron chi connectivity index (χ1n) is 10.4. The monoisotopic (exact) mass is 454 g/mol. The first-order chi connectivity index (χ1) is 15.5. The van der Waals surface area contributed by atoms with Gasteiger partial charge in [0.15, 0.2) is 6.04 Å². The summed E-state index contributed by atoms with van der Waals surface area (Å²) in [6, 6.07) is 15.5. The van der Waals surface area contributed by atoms with E-state index in [1.807, 2.05) is 13.0 Å². The fraction of sp³-hybridized carbons (Fsp3) is 0.318. The average molecular weight is 455 g/mol. The molecule has 10 heteroatoms. The molecule has 1 atom stereocenters. The summed E-state index contributed by atoms with van der Waals surface area (Å²) in [5.41, 5.74) is 0.772. The van der Waals surface area contributed by atoms with Gasteiger partial charge in [0.1, 0.15) is 5.75 Å². The van der Waals surface area contributed by atoms with Crippen LogP contribution in [0.2, 0.25) is 5.02 Å². The number of para-hydroxylation sites is 1. The number of benzene rings is 2. The SMILES string of the molecule is CCC(C(=O)N1CCN(C(=O)Oc2ccccc2)CC1)n1nnc(-c2ccc(Cl)cc2)n1. The first kappa shape index (κ1) is 21.8. The van der Waals surface area contributed by atoms with E-state index in [1.54, 1.807) is 58.3 Å². The van der Waals surface area contributed by atoms with Crippen LogP contribution in [0.1, 0.15) is 19.4 Å². The summed E-state index contributed by atoms with van der Waals surface area (Å²) >= 11 is 5.93. The van der Waals surface area contributed by atoms with Crippen LogP contribution in [0.4, 0.5) is 4.79 Å². The van der Waals surface area contributed by atoms with E-state index in [0.717, 1.165) is 5.56 Å². The highest BCUT2D eigenvalue weighted by atomic mass is 35.5. The highest BCUT2D eigenvalue weighted by Gasteiger charge is 2.31. The number of ether oxygens (including phenoxy) is 1. The minimum absolute atomic E-state index is 0.0939. The van der Waals surface area contributed by atoms with E-state index in [2.05, 4.69) is 15.4 Å². The van der Waals surface area contributed by atoms with Gasteiger partial charge in [0.25, 0.3) is 0 Å². The van der Waals surface area contributed by atoms with E-state index < -0.39 is 12.1 Å². The normalized spacial score (nSPS) is 14.8. The Labute approximate surface area is 190 Å². The van der Waals surface area contributed by atoms with Gasteiger partial charge in [0.05, 0.1) is 0 Å². The fourth-order valence-electron chi connectivity index (χ4n) is 3.48. The van der Waals surface area contributed by atoms with Crippen molar-refractivity contribution in [3.63, 3.8) is 0 Å². The maximum absolute atomic E-state index is 13.1. The number of amides is 2. The molecule has 1 aliphatic rings. The largest absolute Gasteiger partial charge is 0.415 e. The average Bonchev–Trinajstić information content (AvgIpc) is 3.30. The van der Waals surface area contributed by atoms with Gasteiger partial charge in [-0.05, 0) is 48.0 Å². The molecule has 1 aromatic heterocycles. The highest BCUT2D eigenvalue weighted by molar-refractivity contribution is 6.30. The minimum Gasteiger partial charge on any atom is -0.410 e. The van der Waals surface area contributed by atoms with Crippen molar-refractivity contribution in [3.05, 3.63) is 59.6 Å². The number of hydrogen-bond donors (Lipinski definition) is 0. The van der Waals surface area contributed by atoms with E-state index in [4.69, 9.17) is 16.3 Å². The van der Waals surface area contributed by atoms with Crippen LogP contribution >= 0.6 is 11.6 Å². The molecule has 32 heavy (non-hydrogen) atoms. The maximum Gasteiger partial charge on any atom is 0.415 e. The van der Waals surface area contributed by atoms with Gasteiger partial charge in [0.2, 0.25) is 11.7 Å². The minimum atomic E-state index is -0.564. The Kier molecular flexibility index (Phi) is 6.65. The van der Waals surface area contributed by atoms with Crippen molar-refractivity contribution in [1.82, 2.24) is 30.0 Å². The third kappa shape index (κ3) is 4.88. The second-order valence-corrected chi connectivity index (χ2v) is 7.79. The number of carbonyl (C=O) groups is 2. The van der Waals surface area contributed by atoms with Gasteiger partial charge in [-0.25, -0.2) is 4.79 Å². The predicted octanol–water partition coefficient (Wildman–Crippen LogP) is 3.29. The summed E-state index contributed by atoms with van der Waals surface area (Å²) < 4.78 is 5.38. The summed E-state index contributed by atoms with van der Waals surface area (Å²) in [6.07, 6.45) is 0.104. The van der Waals surface area contributed by atoms with Gasteiger partial charge in [-0.3, -0.25) is 4.79 Å². The lowest BCUT2D eigenvalue weighted by Gasteiger charge is -2.35. The Bertz CT molecular complexity index is 1060. The van der Waals surface area contributed by atoms with E-state index in [1.165, 1.54) is 4.80 Å². The lowest BCUT2D eigenvalue weighted by molar-refractivity contribution is -0.137. The Morgan fingerprint density at radius 3 is 2.31 bits per heavy atom. The molecular weight excluding hydrogens is 432 g/mol. The van der Waals surface area contributed by atoms with E-state index in [-0.39, 0.29) is 5.91 Å². The van der Waals surface area contributed by atoms with Gasteiger partial charge in [-0.15, -0.1) is 10.2 Å². The molecule has 3 aromatic rings. The van der Waals surface area contributed by atoms with Crippen molar-refractivity contribution >= 4 is 23.6 Å². The van der Waals surface area contributed by atoms with Crippen molar-refractivity contribution in [3.8, 4) is 17.1 Å². The number of carbonyl (C=O) groups excluding carboxylic acids is 2. The van der Waals surface area contributed by atoms with Gasteiger partial charge in [-0.1, -0.05) is 36.7 Å². The molecule has 2 heterocycles. The number of hydrogen-bond acceptors (Lipinski definition) is 6. The molecule has 1 unspecified atom stereocenters. The van der Waals surface area contributed by atoms with Crippen LogP contribution < -0.4 is 4.74 Å². The Morgan fingerprint density at radius 2 is 1.66 bits per heavy atom. The molecule has 1 fully saturated rings. The number of tetrazole rings is 1. The van der Waals surface area contributed by atoms with Crippen LogP contribution in [0.25, 0.3) is 11.4 Å². The van der Waals surface area contributed by atoms with Crippen LogP contribution in [-0.4, -0.2) is 68.2 Å². The quantitative estimate of drug-likeness (QED) is 0.587. The van der Waals surface area contributed by atoms with Crippen molar-refractivity contribution in [2.24, 2.45) is 0 Å². The zero-order valence-electron chi connectivity index (χ0n) is 17.6. The van der Waals surface area contributed by atoms with Crippen molar-refractivity contribution in [1.29, 1.82) is 0 Å². The summed E-state index contributed by atoms with van der Waals surface area (Å²) in [6.45, 7) is 3.53. The van der Waals surface area contributed by atoms with Gasteiger partial charge in [0, 0.05) is 36.8 Å². The van der Waals surface area contributed by atoms with E-state index >= 15 is 0 Å². The summed E-state index contributed by atoms with van der Waals surface area (Å²) in [5.74, 6) is 0.834. The third-order valence-corrected chi connectivity index (χ3v) is 5.53. The molecule has 4 rings (SSSR count). The van der Waals surface area contributed by atoms with Gasteiger partial charge >= 0.3 is 6.09 Å². The lowest BCUT2D eigenvalue weighted by atomic mass is 10.2. The molecule has 1 aliphatic heterocycles. The number of aromatic nitrogens is 4. The molecule has 2 amide bonds. The molecular formula is C22H23ClN6O3. The molecule has 0 N–H and O–H groups in total. The Hall–Kier alpha value is -3.46. The number of piperazine rings is 1. The topological polar surface area (TPSA) is 93.5 Å². The Balaban J connectivity index is 1.36. The van der Waals surface area contributed by atoms with Crippen molar-refractivity contribution in [2.45, 2.75) is 19.4 Å². The molecule has 9 nitrogen and oxygen atoms in total. The van der Waals surface area contributed by atoms with Crippen LogP contribution in [0.3, 0.4) is 0 Å². The molecule has 0 radical (unpaired) electrons. The number of rotatable bonds is 5.